The molecule has 2 heterocycles. The maximum atomic E-state index is 11.5. The molecule has 3 aromatic rings. The minimum absolute atomic E-state index is 0.0240. The van der Waals surface area contributed by atoms with Crippen molar-refractivity contribution in [2.75, 3.05) is 13.7 Å². The molecule has 6 nitrogen and oxygen atoms in total. The van der Waals surface area contributed by atoms with Crippen molar-refractivity contribution >= 4 is 21.9 Å². The van der Waals surface area contributed by atoms with Crippen LogP contribution in [0.3, 0.4) is 0 Å². The Morgan fingerprint density at radius 2 is 2.00 bits per heavy atom. The van der Waals surface area contributed by atoms with E-state index in [4.69, 9.17) is 18.3 Å². The second-order valence-corrected chi connectivity index (χ2v) is 5.20. The Hall–Kier alpha value is -2.73. The molecule has 0 spiro atoms. The summed E-state index contributed by atoms with van der Waals surface area (Å²) in [6, 6.07) is 4.62. The number of rotatable bonds is 5. The summed E-state index contributed by atoms with van der Waals surface area (Å²) in [5.74, 6) is 0.777. The highest BCUT2D eigenvalue weighted by Gasteiger charge is 2.21. The number of hydrogen-bond donors (Lipinski definition) is 1. The second kappa shape index (κ2) is 5.81. The van der Waals surface area contributed by atoms with E-state index in [2.05, 4.69) is 6.58 Å². The first kappa shape index (κ1) is 15.2. The Balaban J connectivity index is 2.23. The van der Waals surface area contributed by atoms with Gasteiger partial charge in [0.15, 0.2) is 11.2 Å². The van der Waals surface area contributed by atoms with E-state index < -0.39 is 11.7 Å². The van der Waals surface area contributed by atoms with Crippen molar-refractivity contribution in [1.82, 2.24) is 0 Å². The third-order valence-corrected chi connectivity index (χ3v) is 3.56. The Morgan fingerprint density at radius 1 is 1.26 bits per heavy atom. The van der Waals surface area contributed by atoms with Crippen molar-refractivity contribution in [2.45, 2.75) is 13.0 Å². The van der Waals surface area contributed by atoms with Crippen LogP contribution in [-0.2, 0) is 0 Å². The summed E-state index contributed by atoms with van der Waals surface area (Å²) >= 11 is 0. The summed E-state index contributed by atoms with van der Waals surface area (Å²) in [5.41, 5.74) is 0.740. The molecule has 0 aliphatic rings. The van der Waals surface area contributed by atoms with E-state index in [1.54, 1.807) is 19.1 Å². The van der Waals surface area contributed by atoms with E-state index in [9.17, 15) is 9.90 Å². The van der Waals surface area contributed by atoms with E-state index in [-0.39, 0.29) is 12.2 Å². The molecule has 1 N–H and O–H groups in total. The molecule has 1 aromatic carbocycles. The number of aliphatic hydroxyl groups is 1. The van der Waals surface area contributed by atoms with Gasteiger partial charge in [-0.15, -0.1) is 0 Å². The van der Waals surface area contributed by atoms with E-state index in [1.165, 1.54) is 19.4 Å². The van der Waals surface area contributed by atoms with E-state index in [0.29, 0.717) is 33.4 Å². The first-order valence-electron chi connectivity index (χ1n) is 7.00. The van der Waals surface area contributed by atoms with E-state index >= 15 is 0 Å². The molecule has 1 atom stereocenters. The molecule has 0 bridgehead atoms. The lowest BCUT2D eigenvalue weighted by atomic mass is 10.1. The van der Waals surface area contributed by atoms with Crippen LogP contribution in [0.2, 0.25) is 0 Å². The summed E-state index contributed by atoms with van der Waals surface area (Å²) in [5, 5.41) is 11.1. The number of furan rings is 1. The number of hydrogen-bond acceptors (Lipinski definition) is 6. The van der Waals surface area contributed by atoms with Gasteiger partial charge in [-0.2, -0.15) is 0 Å². The van der Waals surface area contributed by atoms with Gasteiger partial charge in [0.25, 0.3) is 0 Å². The largest absolute Gasteiger partial charge is 0.490 e. The van der Waals surface area contributed by atoms with Gasteiger partial charge in [-0.3, -0.25) is 0 Å². The van der Waals surface area contributed by atoms with Crippen molar-refractivity contribution in [1.29, 1.82) is 0 Å². The zero-order chi connectivity index (χ0) is 16.6. The molecular weight excluding hydrogens is 300 g/mol. The van der Waals surface area contributed by atoms with E-state index in [0.717, 1.165) is 0 Å². The van der Waals surface area contributed by atoms with Crippen LogP contribution < -0.4 is 15.1 Å². The number of methoxy groups -OCH3 is 1. The molecule has 6 heteroatoms. The van der Waals surface area contributed by atoms with Gasteiger partial charge in [-0.25, -0.2) is 4.79 Å². The van der Waals surface area contributed by atoms with Gasteiger partial charge in [0.2, 0.25) is 5.75 Å². The maximum Gasteiger partial charge on any atom is 0.336 e. The normalized spacial score (nSPS) is 12.5. The zero-order valence-corrected chi connectivity index (χ0v) is 12.8. The number of fused-ring (bicyclic) bond motifs is 2. The summed E-state index contributed by atoms with van der Waals surface area (Å²) in [6.45, 7) is 5.43. The van der Waals surface area contributed by atoms with Crippen molar-refractivity contribution in [3.05, 3.63) is 47.0 Å². The van der Waals surface area contributed by atoms with Crippen molar-refractivity contribution < 1.29 is 23.4 Å². The van der Waals surface area contributed by atoms with Crippen molar-refractivity contribution in [2.24, 2.45) is 0 Å². The Morgan fingerprint density at radius 3 is 2.70 bits per heavy atom. The molecule has 2 aromatic heterocycles. The molecule has 23 heavy (non-hydrogen) atoms. The molecule has 0 aliphatic carbocycles. The van der Waals surface area contributed by atoms with Gasteiger partial charge in [-0.1, -0.05) is 6.58 Å². The van der Waals surface area contributed by atoms with Crippen LogP contribution in [0.5, 0.6) is 11.5 Å². The number of aliphatic hydroxyl groups excluding tert-OH is 1. The van der Waals surface area contributed by atoms with Crippen LogP contribution in [0, 0.1) is 0 Å². The predicted octanol–water partition coefficient (Wildman–Crippen LogP) is 2.86. The quantitative estimate of drug-likeness (QED) is 0.576. The standard InChI is InChI=1S/C17H16O6/c1-9(2)12(18)8-22-14-10-4-5-13(19)23-16(10)17(20-3)15-11(14)6-7-21-15/h4-7,12,18H,1,8H2,2-3H3/t12-/m1/s1. The van der Waals surface area contributed by atoms with E-state index in [1.807, 2.05) is 0 Å². The van der Waals surface area contributed by atoms with Gasteiger partial charge in [0.1, 0.15) is 18.5 Å². The lowest BCUT2D eigenvalue weighted by Gasteiger charge is -2.15. The monoisotopic (exact) mass is 316 g/mol. The fourth-order valence-corrected chi connectivity index (χ4v) is 2.32. The Bertz CT molecular complexity index is 933. The molecule has 3 rings (SSSR count). The molecule has 0 amide bonds. The summed E-state index contributed by atoms with van der Waals surface area (Å²) in [4.78, 5) is 11.5. The minimum atomic E-state index is -0.801. The first-order chi connectivity index (χ1) is 11.0. The lowest BCUT2D eigenvalue weighted by Crippen LogP contribution is -2.18. The minimum Gasteiger partial charge on any atom is -0.490 e. The first-order valence-corrected chi connectivity index (χ1v) is 7.00. The smallest absolute Gasteiger partial charge is 0.336 e. The van der Waals surface area contributed by atoms with Crippen LogP contribution in [0.25, 0.3) is 21.9 Å². The average Bonchev–Trinajstić information content (AvgIpc) is 3.00. The third-order valence-electron chi connectivity index (χ3n) is 3.56. The average molecular weight is 316 g/mol. The fourth-order valence-electron chi connectivity index (χ4n) is 2.32. The van der Waals surface area contributed by atoms with Crippen LogP contribution in [0.4, 0.5) is 0 Å². The lowest BCUT2D eigenvalue weighted by molar-refractivity contribution is 0.137. The van der Waals surface area contributed by atoms with Crippen LogP contribution in [0.15, 0.2) is 50.2 Å². The summed E-state index contributed by atoms with van der Waals surface area (Å²) in [6.07, 6.45) is 0.691. The Kier molecular flexibility index (Phi) is 3.83. The highest BCUT2D eigenvalue weighted by molar-refractivity contribution is 6.06. The van der Waals surface area contributed by atoms with Gasteiger partial charge < -0.3 is 23.4 Å². The van der Waals surface area contributed by atoms with Gasteiger partial charge in [0.05, 0.1) is 24.1 Å². The topological polar surface area (TPSA) is 82.0 Å². The molecular formula is C17H16O6. The maximum absolute atomic E-state index is 11.5. The molecule has 120 valence electrons. The Labute approximate surface area is 131 Å². The highest BCUT2D eigenvalue weighted by atomic mass is 16.5. The molecule has 0 saturated carbocycles. The molecule has 0 fully saturated rings. The van der Waals surface area contributed by atoms with Crippen molar-refractivity contribution in [3.8, 4) is 11.5 Å². The number of benzene rings is 1. The SMILES string of the molecule is C=C(C)[C@H](O)COc1c2ccoc2c(OC)c2oc(=O)ccc12. The molecule has 0 aliphatic heterocycles. The molecule has 0 saturated heterocycles. The summed E-state index contributed by atoms with van der Waals surface area (Å²) in [7, 11) is 1.47. The van der Waals surface area contributed by atoms with Gasteiger partial charge in [0, 0.05) is 6.07 Å². The molecule has 0 radical (unpaired) electrons. The van der Waals surface area contributed by atoms with Crippen LogP contribution >= 0.6 is 0 Å². The predicted molar refractivity (Wildman–Crippen MR) is 85.1 cm³/mol. The van der Waals surface area contributed by atoms with Crippen LogP contribution in [0.1, 0.15) is 6.92 Å². The highest BCUT2D eigenvalue weighted by Crippen LogP contribution is 2.42. The zero-order valence-electron chi connectivity index (χ0n) is 12.8. The van der Waals surface area contributed by atoms with Crippen LogP contribution in [-0.4, -0.2) is 24.9 Å². The number of ether oxygens (including phenoxy) is 2. The van der Waals surface area contributed by atoms with Gasteiger partial charge >= 0.3 is 5.63 Å². The third kappa shape index (κ3) is 2.57. The second-order valence-electron chi connectivity index (χ2n) is 5.20. The fraction of sp³-hybridized carbons (Fsp3) is 0.235. The van der Waals surface area contributed by atoms with Crippen molar-refractivity contribution in [3.63, 3.8) is 0 Å². The molecule has 0 unspecified atom stereocenters. The summed E-state index contributed by atoms with van der Waals surface area (Å²) < 4.78 is 21.8. The van der Waals surface area contributed by atoms with Gasteiger partial charge in [-0.05, 0) is 24.6 Å².